The highest BCUT2D eigenvalue weighted by atomic mass is 19.1. The van der Waals surface area contributed by atoms with E-state index >= 15 is 0 Å². The van der Waals surface area contributed by atoms with Crippen LogP contribution in [0.25, 0.3) is 33.2 Å². The number of rotatable bonds is 6. The number of aryl methyl sites for hydroxylation is 2. The zero-order valence-electron chi connectivity index (χ0n) is 35.7. The van der Waals surface area contributed by atoms with Crippen LogP contribution in [0.4, 0.5) is 8.78 Å². The number of aromatic nitrogens is 4. The number of hydrogen-bond acceptors (Lipinski definition) is 4. The lowest BCUT2D eigenvalue weighted by Crippen LogP contribution is -2.47. The van der Waals surface area contributed by atoms with Gasteiger partial charge in [-0.1, -0.05) is 27.2 Å². The minimum Gasteiger partial charge on any atom is -0.390 e. The van der Waals surface area contributed by atoms with Crippen LogP contribution in [0.2, 0.25) is 0 Å². The van der Waals surface area contributed by atoms with Crippen molar-refractivity contribution >= 4 is 21.8 Å². The lowest BCUT2D eigenvalue weighted by molar-refractivity contribution is -0.0541. The molecule has 2 aromatic heterocycles. The molecule has 5 aliphatic rings. The van der Waals surface area contributed by atoms with Crippen molar-refractivity contribution < 1.29 is 18.6 Å². The van der Waals surface area contributed by atoms with E-state index in [0.29, 0.717) is 5.92 Å². The normalized spacial score (nSPS) is 29.4. The van der Waals surface area contributed by atoms with Crippen molar-refractivity contribution in [3.05, 3.63) is 119 Å². The van der Waals surface area contributed by atoms with Crippen LogP contribution in [-0.2, 0) is 28.4 Å². The van der Waals surface area contributed by atoms with Crippen molar-refractivity contribution in [3.63, 3.8) is 0 Å². The Kier molecular flexibility index (Phi) is 10.1. The van der Waals surface area contributed by atoms with Crippen LogP contribution in [0.1, 0.15) is 133 Å². The van der Waals surface area contributed by atoms with Gasteiger partial charge in [-0.05, 0) is 214 Å². The van der Waals surface area contributed by atoms with Gasteiger partial charge in [0, 0.05) is 10.8 Å². The van der Waals surface area contributed by atoms with Crippen molar-refractivity contribution in [3.8, 4) is 11.4 Å². The minimum atomic E-state index is -0.486. The maximum atomic E-state index is 13.4. The molecule has 4 aromatic carbocycles. The van der Waals surface area contributed by atoms with Gasteiger partial charge in [-0.25, -0.2) is 18.1 Å². The first-order valence-electron chi connectivity index (χ1n) is 23.0. The van der Waals surface area contributed by atoms with Crippen molar-refractivity contribution in [1.29, 1.82) is 0 Å². The highest BCUT2D eigenvalue weighted by Crippen LogP contribution is 2.58. The van der Waals surface area contributed by atoms with E-state index in [4.69, 9.17) is 4.74 Å². The Balaban J connectivity index is 0.000000145. The van der Waals surface area contributed by atoms with E-state index in [1.807, 2.05) is 21.8 Å². The molecule has 8 heteroatoms. The van der Waals surface area contributed by atoms with E-state index in [1.165, 1.54) is 91.3 Å². The van der Waals surface area contributed by atoms with E-state index in [2.05, 4.69) is 55.2 Å². The van der Waals surface area contributed by atoms with Crippen LogP contribution < -0.4 is 0 Å². The number of halogens is 2. The number of benzene rings is 4. The summed E-state index contributed by atoms with van der Waals surface area (Å²) in [5.41, 5.74) is 10.1. The fourth-order valence-electron chi connectivity index (χ4n) is 12.9. The van der Waals surface area contributed by atoms with E-state index in [9.17, 15) is 13.9 Å². The van der Waals surface area contributed by atoms with Crippen LogP contribution in [0, 0.1) is 23.5 Å². The zero-order chi connectivity index (χ0) is 41.3. The molecule has 1 N–H and O–H groups in total. The van der Waals surface area contributed by atoms with Crippen molar-refractivity contribution in [2.24, 2.45) is 11.8 Å². The van der Waals surface area contributed by atoms with Gasteiger partial charge >= 0.3 is 0 Å². The van der Waals surface area contributed by atoms with Gasteiger partial charge in [0.15, 0.2) is 0 Å². The first-order chi connectivity index (χ1) is 29.1. The van der Waals surface area contributed by atoms with Gasteiger partial charge in [0.25, 0.3) is 0 Å². The topological polar surface area (TPSA) is 68.4 Å². The van der Waals surface area contributed by atoms with Crippen LogP contribution >= 0.6 is 0 Å². The molecule has 1 aliphatic heterocycles. The van der Waals surface area contributed by atoms with E-state index in [1.54, 1.807) is 29.8 Å². The number of fused-ring (bicyclic) bond motifs is 8. The van der Waals surface area contributed by atoms with Gasteiger partial charge in [0.2, 0.25) is 0 Å². The molecule has 0 bridgehead atoms. The van der Waals surface area contributed by atoms with Gasteiger partial charge in [-0.3, -0.25) is 0 Å². The molecule has 3 fully saturated rings. The molecule has 0 amide bonds. The average molecular weight is 811 g/mol. The summed E-state index contributed by atoms with van der Waals surface area (Å²) in [4.78, 5) is 0. The van der Waals surface area contributed by atoms with Crippen LogP contribution in [-0.4, -0.2) is 42.5 Å². The van der Waals surface area contributed by atoms with Crippen molar-refractivity contribution in [2.45, 2.75) is 146 Å². The predicted molar refractivity (Wildman–Crippen MR) is 235 cm³/mol. The van der Waals surface area contributed by atoms with E-state index < -0.39 is 5.60 Å². The summed E-state index contributed by atoms with van der Waals surface area (Å²) in [6, 6.07) is 22.6. The van der Waals surface area contributed by atoms with Crippen LogP contribution in [0.3, 0.4) is 0 Å². The Morgan fingerprint density at radius 2 is 1.15 bits per heavy atom. The highest BCUT2D eigenvalue weighted by Gasteiger charge is 2.56. The van der Waals surface area contributed by atoms with Gasteiger partial charge in [0.05, 0.1) is 52.6 Å². The Morgan fingerprint density at radius 3 is 1.62 bits per heavy atom. The predicted octanol–water partition coefficient (Wildman–Crippen LogP) is 12.2. The largest absolute Gasteiger partial charge is 0.390 e. The molecule has 3 heterocycles. The molecule has 0 unspecified atom stereocenters. The first kappa shape index (κ1) is 39.7. The summed E-state index contributed by atoms with van der Waals surface area (Å²) in [5.74, 6) is 0.804. The van der Waals surface area contributed by atoms with Crippen molar-refractivity contribution in [2.75, 3.05) is 6.61 Å². The summed E-state index contributed by atoms with van der Waals surface area (Å²) in [6.45, 7) is 7.86. The Hall–Kier alpha value is -4.40. The summed E-state index contributed by atoms with van der Waals surface area (Å²) < 4.78 is 36.6. The lowest BCUT2D eigenvalue weighted by Gasteiger charge is -2.50. The van der Waals surface area contributed by atoms with Crippen LogP contribution in [0.15, 0.2) is 85.2 Å². The molecule has 1 spiro atoms. The van der Waals surface area contributed by atoms with Crippen molar-refractivity contribution in [1.82, 2.24) is 19.6 Å². The standard InChI is InChI=1S/C27H33FN2O.C25H27FN2O/c1-3-12-26(31)13-14-27(4-2)21(17-26)7-5-6-19-16-25-20(15-24(19)27)18-29-30(25)23-10-8-22(28)9-11-23;1-2-25-11-10-24(16-29-24)14-19(25)5-3-4-17-13-23-18(12-22(17)25)15-27-28(23)21-8-6-20(26)7-9-21/h8-11,15-16,18,21,31H,3-7,12-14,17H2,1-2H3;6-9,12-13,15,19H,2-5,10-11,14,16H2,1H3/t21-,26+,27-;19-,24+,25-/m11/s1. The van der Waals surface area contributed by atoms with Gasteiger partial charge in [-0.15, -0.1) is 0 Å². The Labute approximate surface area is 353 Å². The fraction of sp³-hybridized carbons (Fsp3) is 0.500. The van der Waals surface area contributed by atoms with Gasteiger partial charge in [-0.2, -0.15) is 10.2 Å². The third-order valence-corrected chi connectivity index (χ3v) is 16.2. The minimum absolute atomic E-state index is 0.151. The molecule has 1 saturated heterocycles. The first-order valence-corrected chi connectivity index (χ1v) is 23.0. The SMILES string of the molecule is CCC[C@]1(O)CC[C@@]2(CC)c3cc4cnn(-c5ccc(F)cc5)c4cc3CCC[C@@H]2C1.CC[C@@]12CC[C@@]3(CO3)C[C@H]1CCCc1cc3c(cnn3-c3ccc(F)cc3)cc12. The monoisotopic (exact) mass is 810 g/mol. The maximum Gasteiger partial charge on any atom is 0.123 e. The molecule has 4 aliphatic carbocycles. The smallest absolute Gasteiger partial charge is 0.123 e. The maximum absolute atomic E-state index is 13.4. The number of hydrogen-bond donors (Lipinski definition) is 1. The molecule has 11 rings (SSSR count). The second-order valence-electron chi connectivity index (χ2n) is 19.3. The number of ether oxygens (including phenoxy) is 1. The average Bonchev–Trinajstić information content (AvgIpc) is 3.79. The zero-order valence-corrected chi connectivity index (χ0v) is 35.7. The summed E-state index contributed by atoms with van der Waals surface area (Å²) in [5, 5.41) is 22.9. The summed E-state index contributed by atoms with van der Waals surface area (Å²) >= 11 is 0. The lowest BCUT2D eigenvalue weighted by atomic mass is 9.56. The molecule has 6 aromatic rings. The Bertz CT molecular complexity index is 2520. The molecular formula is C52H60F2N4O2. The second kappa shape index (κ2) is 15.2. The number of nitrogens with zero attached hydrogens (tertiary/aromatic N) is 4. The molecule has 314 valence electrons. The van der Waals surface area contributed by atoms with E-state index in [0.717, 1.165) is 98.1 Å². The molecule has 2 saturated carbocycles. The van der Waals surface area contributed by atoms with Crippen LogP contribution in [0.5, 0.6) is 0 Å². The molecule has 0 radical (unpaired) electrons. The second-order valence-corrected chi connectivity index (χ2v) is 19.3. The van der Waals surface area contributed by atoms with Gasteiger partial charge in [0.1, 0.15) is 11.6 Å². The van der Waals surface area contributed by atoms with Gasteiger partial charge < -0.3 is 9.84 Å². The quantitative estimate of drug-likeness (QED) is 0.170. The third kappa shape index (κ3) is 6.72. The summed E-state index contributed by atoms with van der Waals surface area (Å²) in [7, 11) is 0. The van der Waals surface area contributed by atoms with E-state index in [-0.39, 0.29) is 28.1 Å². The molecular weight excluding hydrogens is 751 g/mol. The molecule has 6 atom stereocenters. The highest BCUT2D eigenvalue weighted by molar-refractivity contribution is 5.83. The summed E-state index contributed by atoms with van der Waals surface area (Å²) in [6.07, 6.45) is 21.8. The third-order valence-electron chi connectivity index (χ3n) is 16.2. The Morgan fingerprint density at radius 1 is 0.667 bits per heavy atom. The molecule has 6 nitrogen and oxygen atoms in total. The fourth-order valence-corrected chi connectivity index (χ4v) is 12.9. The molecule has 60 heavy (non-hydrogen) atoms. The number of aliphatic hydroxyl groups is 1. The number of epoxide rings is 1.